The van der Waals surface area contributed by atoms with E-state index >= 15 is 0 Å². The molecule has 0 bridgehead atoms. The Labute approximate surface area is 105 Å². The maximum absolute atomic E-state index is 12.1. The number of thiophene rings is 1. The first-order valence-corrected chi connectivity index (χ1v) is 6.37. The van der Waals surface area contributed by atoms with Crippen LogP contribution in [-0.4, -0.2) is 23.9 Å². The number of nitrogens with two attached hydrogens (primary N) is 1. The van der Waals surface area contributed by atoms with E-state index in [1.807, 2.05) is 45.2 Å². The number of benzene rings is 1. The second kappa shape index (κ2) is 4.37. The molecule has 0 saturated heterocycles. The molecule has 1 amide bonds. The molecule has 17 heavy (non-hydrogen) atoms. The Kier molecular flexibility index (Phi) is 3.07. The van der Waals surface area contributed by atoms with Gasteiger partial charge >= 0.3 is 0 Å². The minimum Gasteiger partial charge on any atom is -0.399 e. The molecule has 0 aliphatic heterocycles. The average molecular weight is 248 g/mol. The molecule has 1 aromatic heterocycles. The summed E-state index contributed by atoms with van der Waals surface area (Å²) in [6.07, 6.45) is 0. The van der Waals surface area contributed by atoms with Crippen LogP contribution in [0.4, 0.5) is 5.69 Å². The Morgan fingerprint density at radius 2 is 2.06 bits per heavy atom. The smallest absolute Gasteiger partial charge is 0.263 e. The fraction of sp³-hybridized carbons (Fsp3) is 0.308. The van der Waals surface area contributed by atoms with Crippen LogP contribution in [0.15, 0.2) is 24.3 Å². The van der Waals surface area contributed by atoms with Crippen LogP contribution in [0.1, 0.15) is 23.5 Å². The van der Waals surface area contributed by atoms with Crippen molar-refractivity contribution in [2.45, 2.75) is 19.9 Å². The summed E-state index contributed by atoms with van der Waals surface area (Å²) >= 11 is 1.51. The molecule has 2 rings (SSSR count). The molecule has 1 aromatic carbocycles. The van der Waals surface area contributed by atoms with E-state index < -0.39 is 0 Å². The number of nitrogen functional groups attached to an aromatic ring is 1. The number of carbonyl (C=O) groups excluding carboxylic acids is 1. The zero-order valence-corrected chi connectivity index (χ0v) is 11.0. The van der Waals surface area contributed by atoms with E-state index in [4.69, 9.17) is 5.73 Å². The van der Waals surface area contributed by atoms with Gasteiger partial charge < -0.3 is 10.6 Å². The summed E-state index contributed by atoms with van der Waals surface area (Å²) in [4.78, 5) is 14.7. The Balaban J connectivity index is 2.40. The maximum Gasteiger partial charge on any atom is 0.263 e. The van der Waals surface area contributed by atoms with Crippen molar-refractivity contribution >= 4 is 33.0 Å². The van der Waals surface area contributed by atoms with Crippen molar-refractivity contribution in [2.75, 3.05) is 12.8 Å². The van der Waals surface area contributed by atoms with Crippen molar-refractivity contribution in [2.24, 2.45) is 0 Å². The quantitative estimate of drug-likeness (QED) is 0.830. The highest BCUT2D eigenvalue weighted by Gasteiger charge is 2.16. The SMILES string of the molecule is CC(C)N(C)C(=O)c1cc2cc(N)ccc2s1. The van der Waals surface area contributed by atoms with Gasteiger partial charge in [0.1, 0.15) is 0 Å². The Bertz CT molecular complexity index is 560. The summed E-state index contributed by atoms with van der Waals surface area (Å²) in [5.41, 5.74) is 6.45. The molecular weight excluding hydrogens is 232 g/mol. The molecule has 0 fully saturated rings. The number of hydrogen-bond donors (Lipinski definition) is 1. The van der Waals surface area contributed by atoms with Gasteiger partial charge in [-0.05, 0) is 43.5 Å². The summed E-state index contributed by atoms with van der Waals surface area (Å²) in [5, 5.41) is 1.04. The number of amides is 1. The van der Waals surface area contributed by atoms with Gasteiger partial charge in [-0.1, -0.05) is 0 Å². The molecule has 0 spiro atoms. The van der Waals surface area contributed by atoms with Gasteiger partial charge in [-0.3, -0.25) is 4.79 Å². The van der Waals surface area contributed by atoms with Crippen LogP contribution < -0.4 is 5.73 Å². The molecule has 0 unspecified atom stereocenters. The second-order valence-electron chi connectivity index (χ2n) is 4.42. The number of carbonyl (C=O) groups is 1. The lowest BCUT2D eigenvalue weighted by molar-refractivity contribution is 0.0760. The monoisotopic (exact) mass is 248 g/mol. The van der Waals surface area contributed by atoms with Crippen molar-refractivity contribution in [1.82, 2.24) is 4.90 Å². The first kappa shape index (κ1) is 11.9. The first-order chi connectivity index (χ1) is 7.99. The highest BCUT2D eigenvalue weighted by atomic mass is 32.1. The lowest BCUT2D eigenvalue weighted by Crippen LogP contribution is -2.32. The van der Waals surface area contributed by atoms with Crippen molar-refractivity contribution in [3.05, 3.63) is 29.1 Å². The van der Waals surface area contributed by atoms with Gasteiger partial charge in [0.2, 0.25) is 0 Å². The summed E-state index contributed by atoms with van der Waals surface area (Å²) in [6, 6.07) is 7.84. The topological polar surface area (TPSA) is 46.3 Å². The number of hydrogen-bond acceptors (Lipinski definition) is 3. The standard InChI is InChI=1S/C13H16N2OS/c1-8(2)15(3)13(16)12-7-9-6-10(14)4-5-11(9)17-12/h4-8H,14H2,1-3H3. The van der Waals surface area contributed by atoms with Gasteiger partial charge in [-0.25, -0.2) is 0 Å². The van der Waals surface area contributed by atoms with Gasteiger partial charge in [0.05, 0.1) is 4.88 Å². The highest BCUT2D eigenvalue weighted by Crippen LogP contribution is 2.28. The highest BCUT2D eigenvalue weighted by molar-refractivity contribution is 7.20. The van der Waals surface area contributed by atoms with Gasteiger partial charge in [0.25, 0.3) is 5.91 Å². The third-order valence-electron chi connectivity index (χ3n) is 2.85. The summed E-state index contributed by atoms with van der Waals surface area (Å²) in [7, 11) is 1.83. The van der Waals surface area contributed by atoms with Gasteiger partial charge in [0, 0.05) is 23.5 Å². The predicted molar refractivity (Wildman–Crippen MR) is 73.5 cm³/mol. The zero-order valence-electron chi connectivity index (χ0n) is 10.2. The van der Waals surface area contributed by atoms with Crippen molar-refractivity contribution in [3.63, 3.8) is 0 Å². The predicted octanol–water partition coefficient (Wildman–Crippen LogP) is 2.96. The number of anilines is 1. The Hall–Kier alpha value is -1.55. The van der Waals surface area contributed by atoms with Crippen LogP contribution in [0.25, 0.3) is 10.1 Å². The zero-order chi connectivity index (χ0) is 12.6. The molecule has 0 saturated carbocycles. The van der Waals surface area contributed by atoms with Crippen molar-refractivity contribution < 1.29 is 4.79 Å². The molecule has 2 N–H and O–H groups in total. The molecule has 3 nitrogen and oxygen atoms in total. The fourth-order valence-electron chi connectivity index (χ4n) is 1.58. The van der Waals surface area contributed by atoms with Crippen LogP contribution >= 0.6 is 11.3 Å². The van der Waals surface area contributed by atoms with E-state index in [1.165, 1.54) is 11.3 Å². The van der Waals surface area contributed by atoms with Crippen LogP contribution in [-0.2, 0) is 0 Å². The second-order valence-corrected chi connectivity index (χ2v) is 5.50. The van der Waals surface area contributed by atoms with Crippen molar-refractivity contribution in [1.29, 1.82) is 0 Å². The van der Waals surface area contributed by atoms with E-state index in [9.17, 15) is 4.79 Å². The molecular formula is C13H16N2OS. The van der Waals surface area contributed by atoms with Crippen LogP contribution in [0, 0.1) is 0 Å². The molecule has 90 valence electrons. The first-order valence-electron chi connectivity index (χ1n) is 5.55. The van der Waals surface area contributed by atoms with Crippen LogP contribution in [0.3, 0.4) is 0 Å². The van der Waals surface area contributed by atoms with E-state index in [-0.39, 0.29) is 11.9 Å². The fourth-order valence-corrected chi connectivity index (χ4v) is 2.60. The van der Waals surface area contributed by atoms with E-state index in [1.54, 1.807) is 4.90 Å². The maximum atomic E-state index is 12.1. The summed E-state index contributed by atoms with van der Waals surface area (Å²) in [5.74, 6) is 0.0692. The Morgan fingerprint density at radius 1 is 1.35 bits per heavy atom. The molecule has 4 heteroatoms. The third-order valence-corrected chi connectivity index (χ3v) is 3.95. The Morgan fingerprint density at radius 3 is 2.71 bits per heavy atom. The molecule has 0 aliphatic rings. The molecule has 1 heterocycles. The third kappa shape index (κ3) is 2.26. The molecule has 0 aliphatic carbocycles. The van der Waals surface area contributed by atoms with E-state index in [2.05, 4.69) is 0 Å². The number of fused-ring (bicyclic) bond motifs is 1. The van der Waals surface area contributed by atoms with Crippen LogP contribution in [0.5, 0.6) is 0 Å². The van der Waals surface area contributed by atoms with Crippen molar-refractivity contribution in [3.8, 4) is 0 Å². The lowest BCUT2D eigenvalue weighted by atomic mass is 10.2. The van der Waals surface area contributed by atoms with Crippen LogP contribution in [0.2, 0.25) is 0 Å². The summed E-state index contributed by atoms with van der Waals surface area (Å²) in [6.45, 7) is 4.01. The number of rotatable bonds is 2. The largest absolute Gasteiger partial charge is 0.399 e. The minimum absolute atomic E-state index is 0.0692. The van der Waals surface area contributed by atoms with E-state index in [0.29, 0.717) is 0 Å². The normalized spacial score (nSPS) is 11.1. The van der Waals surface area contributed by atoms with Gasteiger partial charge in [-0.2, -0.15) is 0 Å². The summed E-state index contributed by atoms with van der Waals surface area (Å²) < 4.78 is 1.10. The number of nitrogens with zero attached hydrogens (tertiary/aromatic N) is 1. The van der Waals surface area contributed by atoms with Gasteiger partial charge in [-0.15, -0.1) is 11.3 Å². The lowest BCUT2D eigenvalue weighted by Gasteiger charge is -2.20. The van der Waals surface area contributed by atoms with E-state index in [0.717, 1.165) is 20.7 Å². The molecule has 0 atom stereocenters. The molecule has 0 radical (unpaired) electrons. The molecule has 2 aromatic rings. The minimum atomic E-state index is 0.0692. The average Bonchev–Trinajstić information content (AvgIpc) is 2.69. The van der Waals surface area contributed by atoms with Gasteiger partial charge in [0.15, 0.2) is 0 Å².